The standard InChI is InChI=1S/C25H19BrINO4/c1-15-5-3-6-16(11-15)14-31-23-17(7-4-8-22(23)30-2)13-21-25(29)32-24(28-21)18-9-10-20(27)19(26)12-18/h3-13H,14H2,1-2H3/b21-13-. The predicted molar refractivity (Wildman–Crippen MR) is 136 cm³/mol. The van der Waals surface area contributed by atoms with Gasteiger partial charge in [-0.05, 0) is 81.3 Å². The number of nitrogens with zero attached hydrogens (tertiary/aromatic N) is 1. The average Bonchev–Trinajstić information content (AvgIpc) is 3.14. The van der Waals surface area contributed by atoms with Crippen molar-refractivity contribution in [1.82, 2.24) is 0 Å². The number of ether oxygens (including phenoxy) is 3. The summed E-state index contributed by atoms with van der Waals surface area (Å²) < 4.78 is 19.0. The van der Waals surface area contributed by atoms with Gasteiger partial charge >= 0.3 is 5.97 Å². The number of carbonyl (C=O) groups excluding carboxylic acids is 1. The van der Waals surface area contributed by atoms with Gasteiger partial charge in [0.05, 0.1) is 7.11 Å². The fourth-order valence-electron chi connectivity index (χ4n) is 3.23. The second-order valence-corrected chi connectivity index (χ2v) is 9.14. The lowest BCUT2D eigenvalue weighted by Crippen LogP contribution is -2.05. The average molecular weight is 604 g/mol. The Morgan fingerprint density at radius 1 is 1.12 bits per heavy atom. The van der Waals surface area contributed by atoms with Gasteiger partial charge in [0.1, 0.15) is 6.61 Å². The van der Waals surface area contributed by atoms with E-state index < -0.39 is 5.97 Å². The third kappa shape index (κ3) is 5.05. The Labute approximate surface area is 208 Å². The summed E-state index contributed by atoms with van der Waals surface area (Å²) in [6.45, 7) is 2.41. The highest BCUT2D eigenvalue weighted by Gasteiger charge is 2.25. The second-order valence-electron chi connectivity index (χ2n) is 7.12. The highest BCUT2D eigenvalue weighted by Crippen LogP contribution is 2.34. The molecule has 162 valence electrons. The third-order valence-electron chi connectivity index (χ3n) is 4.77. The first kappa shape index (κ1) is 22.5. The van der Waals surface area contributed by atoms with Crippen LogP contribution in [0.1, 0.15) is 22.3 Å². The van der Waals surface area contributed by atoms with E-state index in [1.54, 1.807) is 13.2 Å². The molecule has 0 N–H and O–H groups in total. The van der Waals surface area contributed by atoms with Crippen molar-refractivity contribution in [3.05, 3.63) is 96.7 Å². The van der Waals surface area contributed by atoms with Crippen LogP contribution >= 0.6 is 38.5 Å². The van der Waals surface area contributed by atoms with Crippen molar-refractivity contribution in [2.24, 2.45) is 4.99 Å². The summed E-state index contributed by atoms with van der Waals surface area (Å²) >= 11 is 5.72. The van der Waals surface area contributed by atoms with Crippen LogP contribution in [0.15, 0.2) is 75.8 Å². The lowest BCUT2D eigenvalue weighted by atomic mass is 10.1. The molecule has 3 aromatic rings. The number of para-hydroxylation sites is 1. The molecule has 0 aromatic heterocycles. The minimum atomic E-state index is -0.512. The molecule has 0 atom stereocenters. The summed E-state index contributed by atoms with van der Waals surface area (Å²) in [6.07, 6.45) is 1.66. The Kier molecular flexibility index (Phi) is 6.95. The number of rotatable bonds is 6. The second kappa shape index (κ2) is 9.87. The van der Waals surface area contributed by atoms with E-state index in [-0.39, 0.29) is 11.6 Å². The molecule has 0 saturated heterocycles. The van der Waals surface area contributed by atoms with E-state index in [2.05, 4.69) is 49.6 Å². The van der Waals surface area contributed by atoms with Crippen LogP contribution in [0.4, 0.5) is 0 Å². The summed E-state index contributed by atoms with van der Waals surface area (Å²) in [5.41, 5.74) is 3.79. The lowest BCUT2D eigenvalue weighted by molar-refractivity contribution is -0.129. The van der Waals surface area contributed by atoms with Crippen LogP contribution in [-0.2, 0) is 16.1 Å². The number of halogens is 2. The van der Waals surface area contributed by atoms with Crippen molar-refractivity contribution in [3.8, 4) is 11.5 Å². The predicted octanol–water partition coefficient (Wildman–Crippen LogP) is 6.29. The van der Waals surface area contributed by atoms with Gasteiger partial charge in [0.2, 0.25) is 5.90 Å². The minimum Gasteiger partial charge on any atom is -0.493 e. The number of esters is 1. The monoisotopic (exact) mass is 603 g/mol. The highest BCUT2D eigenvalue weighted by atomic mass is 127. The summed E-state index contributed by atoms with van der Waals surface area (Å²) in [6, 6.07) is 19.3. The number of benzene rings is 3. The zero-order chi connectivity index (χ0) is 22.7. The van der Waals surface area contributed by atoms with E-state index in [4.69, 9.17) is 14.2 Å². The molecule has 32 heavy (non-hydrogen) atoms. The van der Waals surface area contributed by atoms with Gasteiger partial charge in [0, 0.05) is 19.2 Å². The topological polar surface area (TPSA) is 57.1 Å². The molecular formula is C25H19BrINO4. The Morgan fingerprint density at radius 3 is 2.69 bits per heavy atom. The van der Waals surface area contributed by atoms with Crippen LogP contribution in [0.2, 0.25) is 0 Å². The van der Waals surface area contributed by atoms with Crippen LogP contribution in [0.3, 0.4) is 0 Å². The molecule has 0 fully saturated rings. The fraction of sp³-hybridized carbons (Fsp3) is 0.120. The van der Waals surface area contributed by atoms with E-state index in [1.165, 1.54) is 0 Å². The third-order valence-corrected chi connectivity index (χ3v) is 7.11. The molecule has 0 spiro atoms. The Balaban J connectivity index is 1.66. The number of aryl methyl sites for hydroxylation is 1. The van der Waals surface area contributed by atoms with E-state index in [0.29, 0.717) is 23.7 Å². The van der Waals surface area contributed by atoms with Crippen LogP contribution in [-0.4, -0.2) is 19.0 Å². The van der Waals surface area contributed by atoms with Crippen molar-refractivity contribution < 1.29 is 19.0 Å². The molecule has 1 heterocycles. The smallest absolute Gasteiger partial charge is 0.363 e. The SMILES string of the molecule is COc1cccc(/C=C2\N=C(c3ccc(I)c(Br)c3)OC2=O)c1OCc1cccc(C)c1. The Morgan fingerprint density at radius 2 is 1.94 bits per heavy atom. The molecule has 0 bridgehead atoms. The van der Waals surface area contributed by atoms with Crippen molar-refractivity contribution in [3.63, 3.8) is 0 Å². The normalized spacial score (nSPS) is 14.3. The largest absolute Gasteiger partial charge is 0.493 e. The number of carbonyl (C=O) groups is 1. The quantitative estimate of drug-likeness (QED) is 0.189. The molecule has 0 aliphatic carbocycles. The van der Waals surface area contributed by atoms with Gasteiger partial charge in [0.25, 0.3) is 0 Å². The Hall–Kier alpha value is -2.65. The zero-order valence-corrected chi connectivity index (χ0v) is 21.1. The van der Waals surface area contributed by atoms with Gasteiger partial charge in [-0.2, -0.15) is 0 Å². The first-order valence-corrected chi connectivity index (χ1v) is 11.6. The minimum absolute atomic E-state index is 0.198. The summed E-state index contributed by atoms with van der Waals surface area (Å²) in [5, 5.41) is 0. The first-order valence-electron chi connectivity index (χ1n) is 9.78. The molecule has 0 amide bonds. The molecule has 0 radical (unpaired) electrons. The van der Waals surface area contributed by atoms with Crippen LogP contribution in [0.5, 0.6) is 11.5 Å². The number of aliphatic imine (C=N–C) groups is 1. The van der Waals surface area contributed by atoms with Gasteiger partial charge in [-0.15, -0.1) is 0 Å². The van der Waals surface area contributed by atoms with E-state index in [9.17, 15) is 4.79 Å². The van der Waals surface area contributed by atoms with Gasteiger partial charge in [-0.3, -0.25) is 0 Å². The molecule has 5 nitrogen and oxygen atoms in total. The van der Waals surface area contributed by atoms with E-state index >= 15 is 0 Å². The van der Waals surface area contributed by atoms with Gasteiger partial charge in [0.15, 0.2) is 17.2 Å². The molecular weight excluding hydrogens is 585 g/mol. The molecule has 1 aliphatic rings. The number of hydrogen-bond donors (Lipinski definition) is 0. The Bertz CT molecular complexity index is 1250. The van der Waals surface area contributed by atoms with Crippen molar-refractivity contribution in [2.45, 2.75) is 13.5 Å². The first-order chi connectivity index (χ1) is 15.4. The highest BCUT2D eigenvalue weighted by molar-refractivity contribution is 14.1. The number of methoxy groups -OCH3 is 1. The molecule has 0 unspecified atom stereocenters. The number of cyclic esters (lactones) is 1. The fourth-order valence-corrected chi connectivity index (χ4v) is 3.94. The van der Waals surface area contributed by atoms with Crippen LogP contribution in [0, 0.1) is 10.5 Å². The maximum absolute atomic E-state index is 12.5. The molecule has 3 aromatic carbocycles. The van der Waals surface area contributed by atoms with Crippen LogP contribution in [0.25, 0.3) is 6.08 Å². The van der Waals surface area contributed by atoms with Gasteiger partial charge in [-0.25, -0.2) is 9.79 Å². The molecule has 7 heteroatoms. The van der Waals surface area contributed by atoms with Gasteiger partial charge in [-0.1, -0.05) is 42.0 Å². The van der Waals surface area contributed by atoms with E-state index in [0.717, 1.165) is 24.7 Å². The zero-order valence-electron chi connectivity index (χ0n) is 17.4. The molecule has 0 saturated carbocycles. The van der Waals surface area contributed by atoms with Gasteiger partial charge < -0.3 is 14.2 Å². The van der Waals surface area contributed by atoms with Crippen molar-refractivity contribution >= 4 is 56.5 Å². The number of hydrogen-bond acceptors (Lipinski definition) is 5. The van der Waals surface area contributed by atoms with Crippen molar-refractivity contribution in [1.29, 1.82) is 0 Å². The summed E-state index contributed by atoms with van der Waals surface area (Å²) in [4.78, 5) is 16.9. The summed E-state index contributed by atoms with van der Waals surface area (Å²) in [5.74, 6) is 0.868. The van der Waals surface area contributed by atoms with Crippen LogP contribution < -0.4 is 9.47 Å². The maximum Gasteiger partial charge on any atom is 0.363 e. The summed E-state index contributed by atoms with van der Waals surface area (Å²) in [7, 11) is 1.58. The molecule has 1 aliphatic heterocycles. The maximum atomic E-state index is 12.5. The molecule has 4 rings (SSSR count). The van der Waals surface area contributed by atoms with Crippen molar-refractivity contribution in [2.75, 3.05) is 7.11 Å². The lowest BCUT2D eigenvalue weighted by Gasteiger charge is -2.14. The van der Waals surface area contributed by atoms with E-state index in [1.807, 2.05) is 61.5 Å².